The molecule has 1 atom stereocenters. The molecule has 0 N–H and O–H groups in total. The Morgan fingerprint density at radius 1 is 1.19 bits per heavy atom. The average molecular weight is 376 g/mol. The van der Waals surface area contributed by atoms with Crippen LogP contribution in [0.2, 0.25) is 0 Å². The van der Waals surface area contributed by atoms with Gasteiger partial charge < -0.3 is 4.74 Å². The Labute approximate surface area is 152 Å². The third-order valence-electron chi connectivity index (χ3n) is 4.74. The molecule has 1 saturated heterocycles. The van der Waals surface area contributed by atoms with E-state index in [0.717, 1.165) is 17.4 Å². The maximum Gasteiger partial charge on any atom is 0.270 e. The van der Waals surface area contributed by atoms with Crippen molar-refractivity contribution in [3.63, 3.8) is 0 Å². The highest BCUT2D eigenvalue weighted by Crippen LogP contribution is 2.33. The number of nitrogens with zero attached hydrogens (tertiary/aromatic N) is 2. The van der Waals surface area contributed by atoms with Crippen molar-refractivity contribution >= 4 is 15.7 Å². The normalized spacial score (nSPS) is 18.0. The first-order valence-electron chi connectivity index (χ1n) is 8.22. The van der Waals surface area contributed by atoms with E-state index in [0.29, 0.717) is 25.1 Å². The molecule has 8 heteroatoms. The molecule has 1 fully saturated rings. The molecule has 26 heavy (non-hydrogen) atoms. The zero-order valence-corrected chi connectivity index (χ0v) is 15.4. The minimum absolute atomic E-state index is 0.00193. The summed E-state index contributed by atoms with van der Waals surface area (Å²) in [5, 5.41) is 11.0. The average Bonchev–Trinajstić information content (AvgIpc) is 3.12. The molecule has 1 heterocycles. The molecule has 0 aromatic heterocycles. The molecule has 3 rings (SSSR count). The second-order valence-electron chi connectivity index (χ2n) is 6.33. The summed E-state index contributed by atoms with van der Waals surface area (Å²) in [5.74, 6) is 0.845. The monoisotopic (exact) mass is 376 g/mol. The van der Waals surface area contributed by atoms with Gasteiger partial charge in [-0.2, -0.15) is 4.31 Å². The van der Waals surface area contributed by atoms with Gasteiger partial charge in [0.1, 0.15) is 5.75 Å². The van der Waals surface area contributed by atoms with Gasteiger partial charge in [-0.1, -0.05) is 18.2 Å². The van der Waals surface area contributed by atoms with Gasteiger partial charge in [-0.15, -0.1) is 0 Å². The van der Waals surface area contributed by atoms with Gasteiger partial charge >= 0.3 is 0 Å². The third kappa shape index (κ3) is 3.42. The standard InChI is InChI=1S/C18H20N2O5S/c1-13-3-6-16(20(21)22)11-18(13)26(23,24)19-10-9-15(12-19)14-4-7-17(25-2)8-5-14/h3-8,11,15H,9-10,12H2,1-2H3. The predicted molar refractivity (Wildman–Crippen MR) is 96.9 cm³/mol. The van der Waals surface area contributed by atoms with E-state index >= 15 is 0 Å². The molecule has 1 aliphatic rings. The Morgan fingerprint density at radius 3 is 2.50 bits per heavy atom. The van der Waals surface area contributed by atoms with Gasteiger partial charge in [-0.05, 0) is 42.5 Å². The number of methoxy groups -OCH3 is 1. The molecule has 2 aromatic carbocycles. The summed E-state index contributed by atoms with van der Waals surface area (Å²) < 4.78 is 32.5. The number of nitro groups is 1. The molecule has 2 aromatic rings. The summed E-state index contributed by atoms with van der Waals surface area (Å²) in [7, 11) is -2.18. The number of non-ortho nitro benzene ring substituents is 1. The van der Waals surface area contributed by atoms with Gasteiger partial charge in [0.05, 0.1) is 16.9 Å². The second kappa shape index (κ2) is 7.05. The number of sulfonamides is 1. The lowest BCUT2D eigenvalue weighted by Gasteiger charge is -2.18. The van der Waals surface area contributed by atoms with E-state index in [1.54, 1.807) is 14.0 Å². The van der Waals surface area contributed by atoms with Gasteiger partial charge in [0, 0.05) is 25.2 Å². The second-order valence-corrected chi connectivity index (χ2v) is 8.24. The molecular formula is C18H20N2O5S. The molecule has 1 unspecified atom stereocenters. The number of aryl methyl sites for hydroxylation is 1. The van der Waals surface area contributed by atoms with Gasteiger partial charge in [0.15, 0.2) is 0 Å². The first kappa shape index (κ1) is 18.3. The number of nitro benzene ring substituents is 1. The molecule has 0 spiro atoms. The van der Waals surface area contributed by atoms with Crippen LogP contribution in [0, 0.1) is 17.0 Å². The van der Waals surface area contributed by atoms with Crippen LogP contribution >= 0.6 is 0 Å². The van der Waals surface area contributed by atoms with Crippen LogP contribution in [0.5, 0.6) is 5.75 Å². The number of benzene rings is 2. The summed E-state index contributed by atoms with van der Waals surface area (Å²) in [6, 6.07) is 11.5. The third-order valence-corrected chi connectivity index (χ3v) is 6.75. The van der Waals surface area contributed by atoms with E-state index in [1.165, 1.54) is 16.4 Å². The first-order chi connectivity index (χ1) is 12.3. The van der Waals surface area contributed by atoms with Gasteiger partial charge in [-0.3, -0.25) is 10.1 Å². The zero-order valence-electron chi connectivity index (χ0n) is 14.6. The van der Waals surface area contributed by atoms with Crippen LogP contribution in [0.25, 0.3) is 0 Å². The maximum absolute atomic E-state index is 13.0. The van der Waals surface area contributed by atoms with Crippen molar-refractivity contribution in [2.45, 2.75) is 24.2 Å². The molecule has 1 aliphatic heterocycles. The van der Waals surface area contributed by atoms with Crippen LogP contribution in [0.15, 0.2) is 47.4 Å². The lowest BCUT2D eigenvalue weighted by atomic mass is 9.99. The van der Waals surface area contributed by atoms with E-state index in [-0.39, 0.29) is 16.5 Å². The molecule has 0 bridgehead atoms. The van der Waals surface area contributed by atoms with E-state index in [1.807, 2.05) is 24.3 Å². The smallest absolute Gasteiger partial charge is 0.270 e. The van der Waals surface area contributed by atoms with Crippen molar-refractivity contribution < 1.29 is 18.1 Å². The van der Waals surface area contributed by atoms with Gasteiger partial charge in [0.25, 0.3) is 5.69 Å². The number of rotatable bonds is 5. The predicted octanol–water partition coefficient (Wildman–Crippen LogP) is 3.09. The van der Waals surface area contributed by atoms with Gasteiger partial charge in [0.2, 0.25) is 10.0 Å². The topological polar surface area (TPSA) is 89.8 Å². The summed E-state index contributed by atoms with van der Waals surface area (Å²) in [6.45, 7) is 2.39. The first-order valence-corrected chi connectivity index (χ1v) is 9.66. The maximum atomic E-state index is 13.0. The molecule has 7 nitrogen and oxygen atoms in total. The van der Waals surface area contributed by atoms with Gasteiger partial charge in [-0.25, -0.2) is 8.42 Å². The van der Waals surface area contributed by atoms with Crippen LogP contribution in [0.1, 0.15) is 23.5 Å². The Hall–Kier alpha value is -2.45. The molecule has 138 valence electrons. The van der Waals surface area contributed by atoms with Crippen molar-refractivity contribution in [2.75, 3.05) is 20.2 Å². The van der Waals surface area contributed by atoms with Crippen LogP contribution in [0.4, 0.5) is 5.69 Å². The molecular weight excluding hydrogens is 356 g/mol. The summed E-state index contributed by atoms with van der Waals surface area (Å²) in [6.07, 6.45) is 0.708. The largest absolute Gasteiger partial charge is 0.497 e. The highest BCUT2D eigenvalue weighted by molar-refractivity contribution is 7.89. The Bertz CT molecular complexity index is 925. The number of hydrogen-bond acceptors (Lipinski definition) is 5. The van der Waals surface area contributed by atoms with E-state index < -0.39 is 14.9 Å². The number of ether oxygens (including phenoxy) is 1. The molecule has 0 aliphatic carbocycles. The van der Waals surface area contributed by atoms with Crippen LogP contribution in [-0.2, 0) is 10.0 Å². The summed E-state index contributed by atoms with van der Waals surface area (Å²) in [4.78, 5) is 10.4. The van der Waals surface area contributed by atoms with Crippen molar-refractivity contribution in [2.24, 2.45) is 0 Å². The SMILES string of the molecule is COc1ccc(C2CCN(S(=O)(=O)c3cc([N+](=O)[O-])ccc3C)C2)cc1. The van der Waals surface area contributed by atoms with Crippen LogP contribution < -0.4 is 4.74 Å². The fourth-order valence-electron chi connectivity index (χ4n) is 3.21. The fraction of sp³-hybridized carbons (Fsp3) is 0.333. The van der Waals surface area contributed by atoms with Crippen LogP contribution in [0.3, 0.4) is 0 Å². The molecule has 0 saturated carbocycles. The Balaban J connectivity index is 1.85. The highest BCUT2D eigenvalue weighted by atomic mass is 32.2. The van der Waals surface area contributed by atoms with Crippen molar-refractivity contribution in [3.05, 3.63) is 63.7 Å². The molecule has 0 radical (unpaired) electrons. The van der Waals surface area contributed by atoms with Crippen LogP contribution in [-0.4, -0.2) is 37.8 Å². The molecule has 0 amide bonds. The highest BCUT2D eigenvalue weighted by Gasteiger charge is 2.34. The quantitative estimate of drug-likeness (QED) is 0.591. The fourth-order valence-corrected chi connectivity index (χ4v) is 4.96. The number of hydrogen-bond donors (Lipinski definition) is 0. The lowest BCUT2D eigenvalue weighted by Crippen LogP contribution is -2.29. The van der Waals surface area contributed by atoms with E-state index in [4.69, 9.17) is 4.74 Å². The minimum atomic E-state index is -3.77. The van der Waals surface area contributed by atoms with Crippen molar-refractivity contribution in [1.29, 1.82) is 0 Å². The lowest BCUT2D eigenvalue weighted by molar-refractivity contribution is -0.385. The Kier molecular flexibility index (Phi) is 4.97. The van der Waals surface area contributed by atoms with Crippen molar-refractivity contribution in [3.8, 4) is 5.75 Å². The van der Waals surface area contributed by atoms with E-state index in [9.17, 15) is 18.5 Å². The van der Waals surface area contributed by atoms with Crippen molar-refractivity contribution in [1.82, 2.24) is 4.31 Å². The minimum Gasteiger partial charge on any atom is -0.497 e. The summed E-state index contributed by atoms with van der Waals surface area (Å²) >= 11 is 0. The van der Waals surface area contributed by atoms with E-state index in [2.05, 4.69) is 0 Å². The Morgan fingerprint density at radius 2 is 1.88 bits per heavy atom. The summed E-state index contributed by atoms with van der Waals surface area (Å²) in [5.41, 5.74) is 1.34. The zero-order chi connectivity index (χ0) is 18.9.